The van der Waals surface area contributed by atoms with E-state index in [-0.39, 0.29) is 12.0 Å². The van der Waals surface area contributed by atoms with Gasteiger partial charge in [-0.1, -0.05) is 0 Å². The van der Waals surface area contributed by atoms with E-state index in [0.29, 0.717) is 24.5 Å². The lowest BCUT2D eigenvalue weighted by Crippen LogP contribution is -2.31. The number of amides is 1. The molecule has 1 amide bonds. The molecule has 0 spiro atoms. The maximum Gasteiger partial charge on any atom is 0.261 e. The summed E-state index contributed by atoms with van der Waals surface area (Å²) in [4.78, 5) is 18.3. The number of pyridine rings is 1. The summed E-state index contributed by atoms with van der Waals surface area (Å²) in [6.45, 7) is 1.21. The highest BCUT2D eigenvalue weighted by atomic mass is 16.5. The van der Waals surface area contributed by atoms with Crippen molar-refractivity contribution in [2.75, 3.05) is 20.2 Å². The molecule has 3 heterocycles. The molecular weight excluding hydrogens is 284 g/mol. The largest absolute Gasteiger partial charge is 0.488 e. The van der Waals surface area contributed by atoms with Crippen LogP contribution in [0.2, 0.25) is 0 Å². The normalized spacial score (nSPS) is 17.5. The standard InChI is InChI=1S/C15H18N4O3/c1-18-10-13(14(17-18)21-2)15(20)19-8-5-12(9-19)22-11-3-6-16-7-4-11/h3-4,6-7,10,12H,5,8-9H2,1-2H3. The number of carbonyl (C=O) groups is 1. The lowest BCUT2D eigenvalue weighted by atomic mass is 10.3. The maximum atomic E-state index is 12.6. The average Bonchev–Trinajstić information content (AvgIpc) is 3.14. The van der Waals surface area contributed by atoms with Crippen LogP contribution in [0.3, 0.4) is 0 Å². The van der Waals surface area contributed by atoms with E-state index < -0.39 is 0 Å². The molecule has 1 aliphatic heterocycles. The molecule has 0 N–H and O–H groups in total. The topological polar surface area (TPSA) is 69.5 Å². The molecule has 0 radical (unpaired) electrons. The van der Waals surface area contributed by atoms with Crippen molar-refractivity contribution in [3.05, 3.63) is 36.3 Å². The van der Waals surface area contributed by atoms with Crippen LogP contribution in [0, 0.1) is 0 Å². The molecule has 116 valence electrons. The van der Waals surface area contributed by atoms with Gasteiger partial charge in [0.1, 0.15) is 17.4 Å². The predicted octanol–water partition coefficient (Wildman–Crippen LogP) is 1.12. The number of aromatic nitrogens is 3. The third kappa shape index (κ3) is 2.88. The monoisotopic (exact) mass is 302 g/mol. The van der Waals surface area contributed by atoms with Gasteiger partial charge in [0.05, 0.1) is 13.7 Å². The summed E-state index contributed by atoms with van der Waals surface area (Å²) in [5.41, 5.74) is 0.481. The van der Waals surface area contributed by atoms with Gasteiger partial charge in [-0.05, 0) is 12.1 Å². The molecule has 7 heteroatoms. The van der Waals surface area contributed by atoms with Gasteiger partial charge >= 0.3 is 0 Å². The Kier molecular flexibility index (Phi) is 3.95. The lowest BCUT2D eigenvalue weighted by Gasteiger charge is -2.16. The highest BCUT2D eigenvalue weighted by Crippen LogP contribution is 2.22. The number of ether oxygens (including phenoxy) is 2. The van der Waals surface area contributed by atoms with E-state index in [0.717, 1.165) is 12.2 Å². The fraction of sp³-hybridized carbons (Fsp3) is 0.400. The summed E-state index contributed by atoms with van der Waals surface area (Å²) in [7, 11) is 3.27. The fourth-order valence-electron chi connectivity index (χ4n) is 2.55. The molecule has 1 saturated heterocycles. The number of carbonyl (C=O) groups excluding carboxylic acids is 1. The number of hydrogen-bond donors (Lipinski definition) is 0. The SMILES string of the molecule is COc1nn(C)cc1C(=O)N1CCC(Oc2ccncc2)C1. The van der Waals surface area contributed by atoms with Gasteiger partial charge in [0.15, 0.2) is 0 Å². The molecule has 2 aromatic heterocycles. The van der Waals surface area contributed by atoms with Crippen molar-refractivity contribution in [1.82, 2.24) is 19.7 Å². The number of aryl methyl sites for hydroxylation is 1. The van der Waals surface area contributed by atoms with Gasteiger partial charge < -0.3 is 14.4 Å². The first-order valence-corrected chi connectivity index (χ1v) is 7.11. The van der Waals surface area contributed by atoms with Crippen molar-refractivity contribution < 1.29 is 14.3 Å². The van der Waals surface area contributed by atoms with Crippen LogP contribution >= 0.6 is 0 Å². The molecule has 3 rings (SSSR count). The number of rotatable bonds is 4. The van der Waals surface area contributed by atoms with E-state index in [1.165, 1.54) is 7.11 Å². The summed E-state index contributed by atoms with van der Waals surface area (Å²) in [6.07, 6.45) is 5.85. The van der Waals surface area contributed by atoms with Crippen LogP contribution in [-0.2, 0) is 7.05 Å². The zero-order valence-electron chi connectivity index (χ0n) is 12.6. The Bertz CT molecular complexity index is 656. The van der Waals surface area contributed by atoms with Crippen LogP contribution in [0.4, 0.5) is 0 Å². The smallest absolute Gasteiger partial charge is 0.261 e. The van der Waals surface area contributed by atoms with E-state index >= 15 is 0 Å². The van der Waals surface area contributed by atoms with Gasteiger partial charge in [0.2, 0.25) is 5.88 Å². The Balaban J connectivity index is 1.66. The van der Waals surface area contributed by atoms with Crippen LogP contribution in [0.5, 0.6) is 11.6 Å². The minimum Gasteiger partial charge on any atom is -0.488 e. The molecule has 0 aliphatic carbocycles. The van der Waals surface area contributed by atoms with Crippen molar-refractivity contribution in [2.24, 2.45) is 7.05 Å². The molecule has 1 atom stereocenters. The predicted molar refractivity (Wildman–Crippen MR) is 78.9 cm³/mol. The number of nitrogens with zero attached hydrogens (tertiary/aromatic N) is 4. The van der Waals surface area contributed by atoms with Gasteiger partial charge in [-0.2, -0.15) is 0 Å². The molecule has 0 aromatic carbocycles. The van der Waals surface area contributed by atoms with Gasteiger partial charge in [-0.3, -0.25) is 14.5 Å². The molecule has 2 aromatic rings. The molecular formula is C15H18N4O3. The quantitative estimate of drug-likeness (QED) is 0.846. The van der Waals surface area contributed by atoms with E-state index in [9.17, 15) is 4.79 Å². The molecule has 0 bridgehead atoms. The Morgan fingerprint density at radius 3 is 2.86 bits per heavy atom. The van der Waals surface area contributed by atoms with Crippen LogP contribution in [0.1, 0.15) is 16.8 Å². The third-order valence-electron chi connectivity index (χ3n) is 3.60. The van der Waals surface area contributed by atoms with Gasteiger partial charge in [-0.25, -0.2) is 0 Å². The second-order valence-electron chi connectivity index (χ2n) is 5.19. The Hall–Kier alpha value is -2.57. The van der Waals surface area contributed by atoms with E-state index in [4.69, 9.17) is 9.47 Å². The van der Waals surface area contributed by atoms with Crippen LogP contribution in [0.15, 0.2) is 30.7 Å². The van der Waals surface area contributed by atoms with Gasteiger partial charge in [0, 0.05) is 38.6 Å². The fourth-order valence-corrected chi connectivity index (χ4v) is 2.55. The van der Waals surface area contributed by atoms with Gasteiger partial charge in [-0.15, -0.1) is 5.10 Å². The molecule has 7 nitrogen and oxygen atoms in total. The molecule has 0 saturated carbocycles. The van der Waals surface area contributed by atoms with E-state index in [1.807, 2.05) is 12.1 Å². The second-order valence-corrected chi connectivity index (χ2v) is 5.19. The highest BCUT2D eigenvalue weighted by molar-refractivity contribution is 5.96. The molecule has 1 unspecified atom stereocenters. The van der Waals surface area contributed by atoms with Crippen molar-refractivity contribution in [2.45, 2.75) is 12.5 Å². The number of hydrogen-bond acceptors (Lipinski definition) is 5. The zero-order valence-corrected chi connectivity index (χ0v) is 12.6. The van der Waals surface area contributed by atoms with Gasteiger partial charge in [0.25, 0.3) is 5.91 Å². The lowest BCUT2D eigenvalue weighted by molar-refractivity contribution is 0.0769. The third-order valence-corrected chi connectivity index (χ3v) is 3.60. The first kappa shape index (κ1) is 14.4. The summed E-state index contributed by atoms with van der Waals surface area (Å²) >= 11 is 0. The number of methoxy groups -OCH3 is 1. The van der Waals surface area contributed by atoms with Crippen LogP contribution < -0.4 is 9.47 Å². The van der Waals surface area contributed by atoms with Crippen molar-refractivity contribution in [3.8, 4) is 11.6 Å². The summed E-state index contributed by atoms with van der Waals surface area (Å²) < 4.78 is 12.6. The molecule has 1 aliphatic rings. The Labute approximate surface area is 128 Å². The van der Waals surface area contributed by atoms with E-state index in [1.54, 1.807) is 35.2 Å². The number of likely N-dealkylation sites (tertiary alicyclic amines) is 1. The Morgan fingerprint density at radius 2 is 2.14 bits per heavy atom. The van der Waals surface area contributed by atoms with Crippen LogP contribution in [0.25, 0.3) is 0 Å². The van der Waals surface area contributed by atoms with Crippen molar-refractivity contribution >= 4 is 5.91 Å². The summed E-state index contributed by atoms with van der Waals surface area (Å²) in [5, 5.41) is 4.12. The minimum atomic E-state index is -0.0780. The summed E-state index contributed by atoms with van der Waals surface area (Å²) in [6, 6.07) is 3.63. The van der Waals surface area contributed by atoms with E-state index in [2.05, 4.69) is 10.1 Å². The Morgan fingerprint density at radius 1 is 1.36 bits per heavy atom. The second kappa shape index (κ2) is 6.05. The highest BCUT2D eigenvalue weighted by Gasteiger charge is 2.30. The van der Waals surface area contributed by atoms with Crippen molar-refractivity contribution in [1.29, 1.82) is 0 Å². The molecule has 1 fully saturated rings. The average molecular weight is 302 g/mol. The first-order valence-electron chi connectivity index (χ1n) is 7.11. The zero-order chi connectivity index (χ0) is 15.5. The molecule has 22 heavy (non-hydrogen) atoms. The first-order chi connectivity index (χ1) is 10.7. The summed E-state index contributed by atoms with van der Waals surface area (Å²) in [5.74, 6) is 1.05. The maximum absolute atomic E-state index is 12.6. The minimum absolute atomic E-state index is 0.00554. The van der Waals surface area contributed by atoms with Crippen molar-refractivity contribution in [3.63, 3.8) is 0 Å². The van der Waals surface area contributed by atoms with Crippen LogP contribution in [-0.4, -0.2) is 51.9 Å².